The standard InChI is InChI=1S/C23H24FN5O4S.C22H22FN5O4S.Li.2H2O/c1-16-15-21(26-19-7-5-18(24)6-8-19)27-23(25-16)28-11-13-29(14-12-28)34(31,32)20-9-3-17(4-10-20)22(30)33-2;1-15-14-20(25-18-6-4-17(23)5-7-18)26-22(24-15)27-10-12-28(13-11-27)33(31,32)19-8-2-16(3-9-19)21(29)30;;;/h3-10,15H,11-14H2,1-2H3,(H,25,26,27);2-9,14H,10-13H2,1H3,(H,29,30)(H,24,25,26);;2*1H2/q;;+1;;/p-1. The molecular weight excluding hydrogens is 950 g/mol. The first-order chi connectivity index (χ1) is 32.0. The van der Waals surface area contributed by atoms with E-state index in [1.165, 1.54) is 88.5 Å². The molecule has 70 heavy (non-hydrogen) atoms. The van der Waals surface area contributed by atoms with Crippen molar-refractivity contribution in [1.82, 2.24) is 28.5 Å². The Labute approximate surface area is 415 Å². The molecule has 366 valence electrons. The van der Waals surface area contributed by atoms with Gasteiger partial charge in [-0.05, 0) is 111 Å². The molecule has 6 N–H and O–H groups in total. The van der Waals surface area contributed by atoms with Crippen LogP contribution in [0.1, 0.15) is 32.1 Å². The second-order valence-corrected chi connectivity index (χ2v) is 19.2. The van der Waals surface area contributed by atoms with Crippen molar-refractivity contribution >= 4 is 66.9 Å². The summed E-state index contributed by atoms with van der Waals surface area (Å²) < 4.78 is 85.7. The average Bonchev–Trinajstić information content (AvgIpc) is 3.32. The molecule has 2 aliphatic rings. The summed E-state index contributed by atoms with van der Waals surface area (Å²) in [5, 5.41) is 15.3. The number of hydrogen-bond donors (Lipinski definition) is 3. The van der Waals surface area contributed by atoms with Gasteiger partial charge in [-0.1, -0.05) is 0 Å². The van der Waals surface area contributed by atoms with Crippen LogP contribution in [0.2, 0.25) is 0 Å². The van der Waals surface area contributed by atoms with Crippen LogP contribution in [0.15, 0.2) is 119 Å². The Bertz CT molecular complexity index is 2950. The number of anilines is 6. The molecule has 0 spiro atoms. The minimum Gasteiger partial charge on any atom is -0.870 e. The molecule has 2 fully saturated rings. The van der Waals surface area contributed by atoms with Crippen LogP contribution in [0.3, 0.4) is 0 Å². The number of nitrogens with one attached hydrogen (secondary N) is 2. The van der Waals surface area contributed by atoms with Crippen LogP contribution in [-0.2, 0) is 24.8 Å². The summed E-state index contributed by atoms with van der Waals surface area (Å²) in [6, 6.07) is 26.3. The second-order valence-electron chi connectivity index (χ2n) is 15.3. The van der Waals surface area contributed by atoms with Gasteiger partial charge in [0, 0.05) is 87.3 Å². The third kappa shape index (κ3) is 13.8. The van der Waals surface area contributed by atoms with Crippen molar-refractivity contribution in [2.75, 3.05) is 79.9 Å². The molecule has 2 saturated heterocycles. The predicted molar refractivity (Wildman–Crippen MR) is 252 cm³/mol. The number of nitrogens with zero attached hydrogens (tertiary/aromatic N) is 8. The Kier molecular flexibility index (Phi) is 19.4. The van der Waals surface area contributed by atoms with Gasteiger partial charge in [0.1, 0.15) is 23.3 Å². The van der Waals surface area contributed by atoms with Gasteiger partial charge in [0.25, 0.3) is 0 Å². The van der Waals surface area contributed by atoms with Crippen molar-refractivity contribution in [2.45, 2.75) is 23.6 Å². The van der Waals surface area contributed by atoms with Gasteiger partial charge in [-0.2, -0.15) is 18.6 Å². The SMILES string of the molecule is COC(=O)c1ccc(S(=O)(=O)N2CCN(c3nc(C)cc(Nc4ccc(F)cc4)n3)CC2)cc1.Cc1cc(Nc2ccc(F)cc2)nc(N2CCN(S(=O)(=O)c3ccc(C(=O)O)cc3)CC2)n1.O.[Li+].[OH-]. The first-order valence-electron chi connectivity index (χ1n) is 20.8. The first kappa shape index (κ1) is 56.0. The number of benzene rings is 4. The molecule has 8 rings (SSSR count). The van der Waals surface area contributed by atoms with Gasteiger partial charge >= 0.3 is 30.8 Å². The van der Waals surface area contributed by atoms with E-state index in [1.807, 2.05) is 23.6 Å². The fourth-order valence-electron chi connectivity index (χ4n) is 7.08. The number of ether oxygens (including phenoxy) is 1. The largest absolute Gasteiger partial charge is 1.00 e. The Morgan fingerprint density at radius 3 is 1.24 bits per heavy atom. The normalized spacial score (nSPS) is 14.1. The monoisotopic (exact) mass is 998 g/mol. The van der Waals surface area contributed by atoms with Crippen LogP contribution in [0.4, 0.5) is 43.7 Å². The first-order valence-corrected chi connectivity index (χ1v) is 23.6. The minimum absolute atomic E-state index is 0. The van der Waals surface area contributed by atoms with Crippen LogP contribution in [0.25, 0.3) is 0 Å². The summed E-state index contributed by atoms with van der Waals surface area (Å²) in [6.07, 6.45) is 0. The molecule has 0 radical (unpaired) electrons. The topological polar surface area (TPSA) is 282 Å². The van der Waals surface area contributed by atoms with Crippen molar-refractivity contribution in [3.8, 4) is 0 Å². The van der Waals surface area contributed by atoms with Crippen LogP contribution in [0.5, 0.6) is 0 Å². The molecule has 0 atom stereocenters. The van der Waals surface area contributed by atoms with E-state index in [0.717, 1.165) is 11.4 Å². The molecule has 4 aromatic carbocycles. The summed E-state index contributed by atoms with van der Waals surface area (Å²) in [7, 11) is -6.18. The zero-order valence-electron chi connectivity index (χ0n) is 38.5. The van der Waals surface area contributed by atoms with Gasteiger partial charge in [0.05, 0.1) is 28.0 Å². The smallest absolute Gasteiger partial charge is 0.870 e. The maximum atomic E-state index is 13.2. The van der Waals surface area contributed by atoms with Gasteiger partial charge in [-0.25, -0.2) is 45.2 Å². The van der Waals surface area contributed by atoms with E-state index in [-0.39, 0.29) is 88.5 Å². The molecule has 2 aliphatic heterocycles. The number of halogens is 2. The number of aromatic carboxylic acids is 1. The third-order valence-electron chi connectivity index (χ3n) is 10.6. The molecule has 0 bridgehead atoms. The van der Waals surface area contributed by atoms with E-state index in [4.69, 9.17) is 5.11 Å². The molecule has 20 nitrogen and oxygen atoms in total. The second kappa shape index (κ2) is 24.3. The maximum Gasteiger partial charge on any atom is 1.00 e. The third-order valence-corrected chi connectivity index (χ3v) is 14.4. The average molecular weight is 999 g/mol. The van der Waals surface area contributed by atoms with Crippen LogP contribution in [0, 0.1) is 25.5 Å². The zero-order valence-corrected chi connectivity index (χ0v) is 40.1. The number of carbonyl (C=O) groups excluding carboxylic acids is 1. The van der Waals surface area contributed by atoms with Gasteiger partial charge in [-0.3, -0.25) is 0 Å². The number of carboxylic acids is 1. The summed E-state index contributed by atoms with van der Waals surface area (Å²) in [6.45, 7) is 6.30. The molecule has 0 amide bonds. The Hall–Kier alpha value is -6.62. The van der Waals surface area contributed by atoms with E-state index in [1.54, 1.807) is 36.4 Å². The number of aromatic nitrogens is 4. The molecule has 0 aliphatic carbocycles. The van der Waals surface area contributed by atoms with E-state index < -0.39 is 32.0 Å². The number of methoxy groups -OCH3 is 1. The number of hydrogen-bond acceptors (Lipinski definition) is 16. The number of esters is 1. The summed E-state index contributed by atoms with van der Waals surface area (Å²) in [4.78, 5) is 44.7. The van der Waals surface area contributed by atoms with E-state index in [2.05, 4.69) is 35.3 Å². The fraction of sp³-hybridized carbons (Fsp3) is 0.244. The van der Waals surface area contributed by atoms with Crippen molar-refractivity contribution in [2.24, 2.45) is 0 Å². The predicted octanol–water partition coefficient (Wildman–Crippen LogP) is 1.84. The van der Waals surface area contributed by atoms with E-state index in [9.17, 15) is 35.2 Å². The van der Waals surface area contributed by atoms with Crippen molar-refractivity contribution in [3.63, 3.8) is 0 Å². The van der Waals surface area contributed by atoms with Crippen LogP contribution < -0.4 is 39.3 Å². The summed E-state index contributed by atoms with van der Waals surface area (Å²) in [5.74, 6) is -0.204. The van der Waals surface area contributed by atoms with E-state index in [0.29, 0.717) is 61.1 Å². The Balaban J connectivity index is 0.000000292. The van der Waals surface area contributed by atoms with Gasteiger partial charge in [0.15, 0.2) is 0 Å². The van der Waals surface area contributed by atoms with E-state index >= 15 is 0 Å². The number of sulfonamides is 2. The summed E-state index contributed by atoms with van der Waals surface area (Å²) >= 11 is 0. The number of rotatable bonds is 12. The number of piperazine rings is 2. The van der Waals surface area contributed by atoms with Crippen molar-refractivity contribution < 1.29 is 74.9 Å². The Morgan fingerprint density at radius 2 is 0.914 bits per heavy atom. The number of carboxylic acid groups (broad SMARTS) is 1. The zero-order chi connectivity index (χ0) is 47.9. The van der Waals surface area contributed by atoms with Gasteiger partial charge in [-0.15, -0.1) is 0 Å². The summed E-state index contributed by atoms with van der Waals surface area (Å²) in [5.41, 5.74) is 3.17. The number of carbonyl (C=O) groups is 2. The van der Waals surface area contributed by atoms with Crippen LogP contribution >= 0.6 is 0 Å². The fourth-order valence-corrected chi connectivity index (χ4v) is 9.93. The molecule has 2 aromatic heterocycles. The molecular formula is C45H49F2LiN10O10S2. The Morgan fingerprint density at radius 1 is 0.571 bits per heavy atom. The van der Waals surface area contributed by atoms with Crippen molar-refractivity contribution in [1.29, 1.82) is 0 Å². The van der Waals surface area contributed by atoms with Gasteiger partial charge in [0.2, 0.25) is 31.9 Å². The molecule has 0 saturated carbocycles. The number of aryl methyl sites for hydroxylation is 2. The van der Waals surface area contributed by atoms with Gasteiger partial charge < -0.3 is 41.2 Å². The van der Waals surface area contributed by atoms with Crippen molar-refractivity contribution in [3.05, 3.63) is 143 Å². The maximum absolute atomic E-state index is 13.2. The molecule has 0 unspecified atom stereocenters. The molecule has 4 heterocycles. The molecule has 25 heteroatoms. The minimum atomic E-state index is -3.74. The quantitative estimate of drug-likeness (QED) is 0.116. The molecule has 6 aromatic rings. The van der Waals surface area contributed by atoms with Crippen LogP contribution in [-0.4, -0.2) is 133 Å².